The molecule has 0 unspecified atom stereocenters. The summed E-state index contributed by atoms with van der Waals surface area (Å²) in [6.07, 6.45) is 3.31. The number of nitrogens with zero attached hydrogens (tertiary/aromatic N) is 1. The Bertz CT molecular complexity index is 1320. The van der Waals surface area contributed by atoms with Gasteiger partial charge in [-0.15, -0.1) is 0 Å². The van der Waals surface area contributed by atoms with E-state index in [0.29, 0.717) is 43.8 Å². The number of amides is 2. The fourth-order valence-electron chi connectivity index (χ4n) is 3.41. The fourth-order valence-corrected chi connectivity index (χ4v) is 4.83. The second kappa shape index (κ2) is 11.6. The van der Waals surface area contributed by atoms with E-state index in [9.17, 15) is 9.59 Å². The average molecular weight is 543 g/mol. The van der Waals surface area contributed by atoms with E-state index in [1.807, 2.05) is 19.9 Å². The molecule has 0 spiro atoms. The third-order valence-electron chi connectivity index (χ3n) is 5.17. The van der Waals surface area contributed by atoms with E-state index in [-0.39, 0.29) is 25.0 Å². The Morgan fingerprint density at radius 2 is 2.03 bits per heavy atom. The maximum Gasteiger partial charge on any atom is 0.266 e. The number of carbonyl (C=O) groups is 2. The molecule has 1 fully saturated rings. The van der Waals surface area contributed by atoms with Crippen LogP contribution in [0.3, 0.4) is 0 Å². The fraction of sp³-hybridized carbons (Fsp3) is 0.192. The van der Waals surface area contributed by atoms with E-state index >= 15 is 0 Å². The lowest BCUT2D eigenvalue weighted by Gasteiger charge is -2.14. The molecule has 1 aliphatic heterocycles. The van der Waals surface area contributed by atoms with E-state index in [2.05, 4.69) is 5.32 Å². The quantitative estimate of drug-likeness (QED) is 0.260. The summed E-state index contributed by atoms with van der Waals surface area (Å²) in [5, 5.41) is 3.33. The molecule has 2 heterocycles. The van der Waals surface area contributed by atoms with Crippen LogP contribution in [0.15, 0.2) is 64.1 Å². The number of carbonyl (C=O) groups excluding carboxylic acids is 2. The lowest BCUT2D eigenvalue weighted by atomic mass is 10.2. The van der Waals surface area contributed by atoms with Crippen molar-refractivity contribution in [3.05, 3.63) is 81.6 Å². The first kappa shape index (κ1) is 25.8. The van der Waals surface area contributed by atoms with Crippen molar-refractivity contribution in [3.8, 4) is 11.5 Å². The largest absolute Gasteiger partial charge is 0.490 e. The maximum absolute atomic E-state index is 12.9. The summed E-state index contributed by atoms with van der Waals surface area (Å²) in [5.74, 6) is 1.02. The number of hydrogen-bond donors (Lipinski definition) is 1. The standard InChI is InChI=1S/C26H23ClN2O5S2/c1-3-32-22-11-17(12-23-25(31)29(26(35)36-23)14-19-5-4-10-33-19)7-9-21(22)34-15-24(30)28-20-13-18(27)8-6-16(20)2/h4-13H,3,14-15H2,1-2H3,(H,28,30)/b23-12-. The highest BCUT2D eigenvalue weighted by Gasteiger charge is 2.32. The molecular weight excluding hydrogens is 520 g/mol. The number of anilines is 1. The van der Waals surface area contributed by atoms with Crippen molar-refractivity contribution < 1.29 is 23.5 Å². The number of rotatable bonds is 9. The van der Waals surface area contributed by atoms with E-state index in [4.69, 9.17) is 37.7 Å². The van der Waals surface area contributed by atoms with Crippen molar-refractivity contribution in [1.82, 2.24) is 4.90 Å². The smallest absolute Gasteiger partial charge is 0.266 e. The van der Waals surface area contributed by atoms with Gasteiger partial charge in [0.1, 0.15) is 10.1 Å². The van der Waals surface area contributed by atoms with Gasteiger partial charge >= 0.3 is 0 Å². The van der Waals surface area contributed by atoms with Gasteiger partial charge in [-0.25, -0.2) is 0 Å². The minimum Gasteiger partial charge on any atom is -0.490 e. The summed E-state index contributed by atoms with van der Waals surface area (Å²) in [5.41, 5.74) is 2.26. The second-order valence-electron chi connectivity index (χ2n) is 7.78. The molecule has 1 saturated heterocycles. The molecule has 3 aromatic rings. The van der Waals surface area contributed by atoms with Crippen molar-refractivity contribution in [3.63, 3.8) is 0 Å². The summed E-state index contributed by atoms with van der Waals surface area (Å²) in [7, 11) is 0. The third-order valence-corrected chi connectivity index (χ3v) is 6.78. The van der Waals surface area contributed by atoms with E-state index in [1.54, 1.807) is 54.8 Å². The molecule has 36 heavy (non-hydrogen) atoms. The number of nitrogens with one attached hydrogen (secondary N) is 1. The molecule has 1 aliphatic rings. The second-order valence-corrected chi connectivity index (χ2v) is 9.89. The molecule has 1 aromatic heterocycles. The summed E-state index contributed by atoms with van der Waals surface area (Å²) >= 11 is 12.6. The summed E-state index contributed by atoms with van der Waals surface area (Å²) in [4.78, 5) is 27.3. The average Bonchev–Trinajstić information content (AvgIpc) is 3.45. The minimum absolute atomic E-state index is 0.187. The Balaban J connectivity index is 1.44. The van der Waals surface area contributed by atoms with Gasteiger partial charge in [0.15, 0.2) is 18.1 Å². The van der Waals surface area contributed by atoms with Gasteiger partial charge < -0.3 is 19.2 Å². The lowest BCUT2D eigenvalue weighted by Crippen LogP contribution is -2.27. The number of aryl methyl sites for hydroxylation is 1. The highest BCUT2D eigenvalue weighted by Crippen LogP contribution is 2.35. The van der Waals surface area contributed by atoms with Crippen LogP contribution in [-0.4, -0.2) is 34.2 Å². The van der Waals surface area contributed by atoms with Crippen LogP contribution in [0.4, 0.5) is 5.69 Å². The van der Waals surface area contributed by atoms with Crippen LogP contribution >= 0.6 is 35.6 Å². The molecule has 4 rings (SSSR count). The highest BCUT2D eigenvalue weighted by molar-refractivity contribution is 8.26. The molecule has 186 valence electrons. The zero-order valence-electron chi connectivity index (χ0n) is 19.6. The number of thioether (sulfide) groups is 1. The lowest BCUT2D eigenvalue weighted by molar-refractivity contribution is -0.122. The normalized spacial score (nSPS) is 14.4. The Labute approximate surface area is 223 Å². The molecule has 2 aromatic carbocycles. The van der Waals surface area contributed by atoms with Crippen LogP contribution in [0.5, 0.6) is 11.5 Å². The molecule has 7 nitrogen and oxygen atoms in total. The van der Waals surface area contributed by atoms with Crippen LogP contribution in [0.2, 0.25) is 5.02 Å². The maximum atomic E-state index is 12.9. The Morgan fingerprint density at radius 3 is 2.78 bits per heavy atom. The number of furan rings is 1. The summed E-state index contributed by atoms with van der Waals surface area (Å²) in [6, 6.07) is 14.1. The molecule has 0 aliphatic carbocycles. The third kappa shape index (κ3) is 6.29. The van der Waals surface area contributed by atoms with Gasteiger partial charge in [0.05, 0.1) is 24.3 Å². The first-order valence-electron chi connectivity index (χ1n) is 11.1. The van der Waals surface area contributed by atoms with Gasteiger partial charge in [-0.1, -0.05) is 47.7 Å². The van der Waals surface area contributed by atoms with E-state index < -0.39 is 0 Å². The van der Waals surface area contributed by atoms with Gasteiger partial charge in [-0.3, -0.25) is 14.5 Å². The van der Waals surface area contributed by atoms with Crippen LogP contribution in [0.1, 0.15) is 23.8 Å². The number of ether oxygens (including phenoxy) is 2. The zero-order chi connectivity index (χ0) is 25.7. The zero-order valence-corrected chi connectivity index (χ0v) is 22.0. The van der Waals surface area contributed by atoms with E-state index in [0.717, 1.165) is 11.1 Å². The monoisotopic (exact) mass is 542 g/mol. The SMILES string of the molecule is CCOc1cc(/C=C2\SC(=S)N(Cc3ccco3)C2=O)ccc1OCC(=O)Nc1cc(Cl)ccc1C. The number of thiocarbonyl (C=S) groups is 1. The van der Waals surface area contributed by atoms with Crippen molar-refractivity contribution in [2.75, 3.05) is 18.5 Å². The highest BCUT2D eigenvalue weighted by atomic mass is 35.5. The Kier molecular flexibility index (Phi) is 8.35. The van der Waals surface area contributed by atoms with Crippen LogP contribution in [0.25, 0.3) is 6.08 Å². The Morgan fingerprint density at radius 1 is 1.19 bits per heavy atom. The molecule has 1 N–H and O–H groups in total. The van der Waals surface area contributed by atoms with Crippen LogP contribution < -0.4 is 14.8 Å². The number of hydrogen-bond acceptors (Lipinski definition) is 7. The van der Waals surface area contributed by atoms with Crippen molar-refractivity contribution >= 4 is 63.5 Å². The van der Waals surface area contributed by atoms with Crippen LogP contribution in [0, 0.1) is 6.92 Å². The molecule has 2 amide bonds. The molecule has 0 radical (unpaired) electrons. The predicted octanol–water partition coefficient (Wildman–Crippen LogP) is 6.06. The van der Waals surface area contributed by atoms with E-state index in [1.165, 1.54) is 16.7 Å². The topological polar surface area (TPSA) is 81.0 Å². The van der Waals surface area contributed by atoms with Crippen LogP contribution in [-0.2, 0) is 16.1 Å². The molecule has 10 heteroatoms. The summed E-state index contributed by atoms with van der Waals surface area (Å²) in [6.45, 7) is 4.20. The number of halogens is 1. The Hall–Kier alpha value is -3.27. The van der Waals surface area contributed by atoms with Gasteiger partial charge in [0.2, 0.25) is 0 Å². The molecule has 0 atom stereocenters. The first-order valence-corrected chi connectivity index (χ1v) is 12.7. The molecule has 0 saturated carbocycles. The van der Waals surface area contributed by atoms with Gasteiger partial charge in [0, 0.05) is 10.7 Å². The molecular formula is C26H23ClN2O5S2. The van der Waals surface area contributed by atoms with Gasteiger partial charge in [-0.05, 0) is 67.4 Å². The first-order chi connectivity index (χ1) is 17.3. The molecule has 0 bridgehead atoms. The van der Waals surface area contributed by atoms with Crippen molar-refractivity contribution in [1.29, 1.82) is 0 Å². The van der Waals surface area contributed by atoms with Crippen molar-refractivity contribution in [2.24, 2.45) is 0 Å². The van der Waals surface area contributed by atoms with Gasteiger partial charge in [-0.2, -0.15) is 0 Å². The summed E-state index contributed by atoms with van der Waals surface area (Å²) < 4.78 is 17.3. The predicted molar refractivity (Wildman–Crippen MR) is 145 cm³/mol. The number of benzene rings is 2. The minimum atomic E-state index is -0.327. The van der Waals surface area contributed by atoms with Crippen molar-refractivity contribution in [2.45, 2.75) is 20.4 Å². The van der Waals surface area contributed by atoms with Gasteiger partial charge in [0.25, 0.3) is 11.8 Å².